The Labute approximate surface area is 95.8 Å². The molecule has 0 atom stereocenters. The number of hydrogen-bond acceptors (Lipinski definition) is 4. The minimum atomic E-state index is -0.293. The number of aromatic nitrogens is 4. The van der Waals surface area contributed by atoms with E-state index in [1.54, 1.807) is 6.20 Å². The molecule has 0 aliphatic rings. The lowest BCUT2D eigenvalue weighted by molar-refractivity contribution is 0.500. The molecule has 5 nitrogen and oxygen atoms in total. The standard InChI is InChI=1S/C9H12BrN5/c1-9(2,11)5-6-13-14-8-7(10)12-3-4-15(6)8/h3-4H,5,11H2,1-2H3. The molecule has 80 valence electrons. The Morgan fingerprint density at radius 2 is 2.20 bits per heavy atom. The van der Waals surface area contributed by atoms with Gasteiger partial charge in [-0.3, -0.25) is 4.40 Å². The summed E-state index contributed by atoms with van der Waals surface area (Å²) in [5.74, 6) is 0.848. The van der Waals surface area contributed by atoms with Gasteiger partial charge in [0.15, 0.2) is 10.3 Å². The van der Waals surface area contributed by atoms with Gasteiger partial charge < -0.3 is 5.73 Å². The zero-order valence-electron chi connectivity index (χ0n) is 8.61. The van der Waals surface area contributed by atoms with Gasteiger partial charge >= 0.3 is 0 Å². The molecular formula is C9H12BrN5. The number of fused-ring (bicyclic) bond motifs is 1. The van der Waals surface area contributed by atoms with Gasteiger partial charge in [0.25, 0.3) is 0 Å². The normalized spacial score (nSPS) is 12.3. The van der Waals surface area contributed by atoms with Crippen LogP contribution in [0.5, 0.6) is 0 Å². The molecule has 6 heteroatoms. The van der Waals surface area contributed by atoms with Crippen molar-refractivity contribution in [2.75, 3.05) is 0 Å². The van der Waals surface area contributed by atoms with Gasteiger partial charge in [-0.25, -0.2) is 4.98 Å². The van der Waals surface area contributed by atoms with Crippen LogP contribution in [0.1, 0.15) is 19.7 Å². The second-order valence-corrected chi connectivity index (χ2v) is 4.94. The Bertz CT molecular complexity index is 485. The molecule has 0 saturated heterocycles. The first-order valence-electron chi connectivity index (χ1n) is 4.60. The van der Waals surface area contributed by atoms with Crippen LogP contribution in [0.4, 0.5) is 0 Å². The molecule has 15 heavy (non-hydrogen) atoms. The molecule has 0 fully saturated rings. The molecule has 0 unspecified atom stereocenters. The summed E-state index contributed by atoms with van der Waals surface area (Å²) in [5.41, 5.74) is 6.37. The van der Waals surface area contributed by atoms with Gasteiger partial charge in [0.2, 0.25) is 0 Å². The molecule has 0 radical (unpaired) electrons. The third-order valence-electron chi connectivity index (χ3n) is 1.97. The second-order valence-electron chi connectivity index (χ2n) is 4.19. The molecular weight excluding hydrogens is 258 g/mol. The molecule has 0 aromatic carbocycles. The van der Waals surface area contributed by atoms with E-state index < -0.39 is 0 Å². The van der Waals surface area contributed by atoms with Gasteiger partial charge in [-0.15, -0.1) is 10.2 Å². The van der Waals surface area contributed by atoms with E-state index in [-0.39, 0.29) is 5.54 Å². The van der Waals surface area contributed by atoms with Crippen molar-refractivity contribution >= 4 is 21.6 Å². The molecule has 2 rings (SSSR count). The summed E-state index contributed by atoms with van der Waals surface area (Å²) in [6.45, 7) is 3.93. The minimum absolute atomic E-state index is 0.293. The Morgan fingerprint density at radius 3 is 2.87 bits per heavy atom. The van der Waals surface area contributed by atoms with Crippen molar-refractivity contribution in [3.05, 3.63) is 22.8 Å². The topological polar surface area (TPSA) is 69.1 Å². The summed E-state index contributed by atoms with van der Waals surface area (Å²) < 4.78 is 2.59. The van der Waals surface area contributed by atoms with Crippen molar-refractivity contribution in [3.8, 4) is 0 Å². The van der Waals surface area contributed by atoms with Gasteiger partial charge in [-0.1, -0.05) is 0 Å². The monoisotopic (exact) mass is 269 g/mol. The van der Waals surface area contributed by atoms with Crippen molar-refractivity contribution in [2.45, 2.75) is 25.8 Å². The lowest BCUT2D eigenvalue weighted by atomic mass is 10.0. The summed E-state index contributed by atoms with van der Waals surface area (Å²) >= 11 is 3.32. The first kappa shape index (κ1) is 10.5. The van der Waals surface area contributed by atoms with Gasteiger partial charge in [0.05, 0.1) is 0 Å². The van der Waals surface area contributed by atoms with Crippen molar-refractivity contribution in [2.24, 2.45) is 5.73 Å². The fraction of sp³-hybridized carbons (Fsp3) is 0.444. The predicted molar refractivity (Wildman–Crippen MR) is 60.5 cm³/mol. The molecule has 0 bridgehead atoms. The maximum Gasteiger partial charge on any atom is 0.193 e. The van der Waals surface area contributed by atoms with Crippen LogP contribution in [0.25, 0.3) is 5.65 Å². The molecule has 0 amide bonds. The third-order valence-corrected chi connectivity index (χ3v) is 2.53. The SMILES string of the molecule is CC(C)(N)Cc1nnc2c(Br)nccn12. The number of nitrogens with two attached hydrogens (primary N) is 1. The fourth-order valence-electron chi connectivity index (χ4n) is 1.37. The molecule has 0 saturated carbocycles. The Kier molecular flexibility index (Phi) is 2.47. The van der Waals surface area contributed by atoms with Gasteiger partial charge in [0, 0.05) is 24.4 Å². The summed E-state index contributed by atoms with van der Waals surface area (Å²) in [6.07, 6.45) is 4.21. The highest BCUT2D eigenvalue weighted by molar-refractivity contribution is 9.10. The van der Waals surface area contributed by atoms with Crippen LogP contribution in [0.15, 0.2) is 17.0 Å². The molecule has 0 aliphatic heterocycles. The molecule has 2 aromatic heterocycles. The van der Waals surface area contributed by atoms with E-state index in [9.17, 15) is 0 Å². The number of rotatable bonds is 2. The second kappa shape index (κ2) is 3.53. The maximum absolute atomic E-state index is 5.95. The van der Waals surface area contributed by atoms with E-state index in [2.05, 4.69) is 31.1 Å². The molecule has 2 aromatic rings. The van der Waals surface area contributed by atoms with E-state index in [4.69, 9.17) is 5.73 Å². The zero-order valence-corrected chi connectivity index (χ0v) is 10.2. The average Bonchev–Trinajstić information content (AvgIpc) is 2.48. The quantitative estimate of drug-likeness (QED) is 0.889. The van der Waals surface area contributed by atoms with Crippen molar-refractivity contribution in [3.63, 3.8) is 0 Å². The first-order chi connectivity index (χ1) is 6.97. The van der Waals surface area contributed by atoms with Crippen LogP contribution in [-0.4, -0.2) is 25.1 Å². The molecule has 0 spiro atoms. The predicted octanol–water partition coefficient (Wildman–Crippen LogP) is 1.17. The minimum Gasteiger partial charge on any atom is -0.325 e. The van der Waals surface area contributed by atoms with Crippen LogP contribution in [0.3, 0.4) is 0 Å². The van der Waals surface area contributed by atoms with Crippen LogP contribution < -0.4 is 5.73 Å². The van der Waals surface area contributed by atoms with Crippen molar-refractivity contribution < 1.29 is 0 Å². The van der Waals surface area contributed by atoms with Gasteiger partial charge in [-0.2, -0.15) is 0 Å². The Balaban J connectivity index is 2.50. The van der Waals surface area contributed by atoms with E-state index in [1.165, 1.54) is 0 Å². The van der Waals surface area contributed by atoms with Crippen LogP contribution in [0.2, 0.25) is 0 Å². The first-order valence-corrected chi connectivity index (χ1v) is 5.40. The smallest absolute Gasteiger partial charge is 0.193 e. The molecule has 0 aliphatic carbocycles. The van der Waals surface area contributed by atoms with Crippen LogP contribution in [0, 0.1) is 0 Å². The van der Waals surface area contributed by atoms with Gasteiger partial charge in [0.1, 0.15) is 5.82 Å². The zero-order chi connectivity index (χ0) is 11.1. The summed E-state index contributed by atoms with van der Waals surface area (Å²) in [7, 11) is 0. The lowest BCUT2D eigenvalue weighted by Gasteiger charge is -2.16. The highest BCUT2D eigenvalue weighted by Gasteiger charge is 2.17. The van der Waals surface area contributed by atoms with Crippen molar-refractivity contribution in [1.29, 1.82) is 0 Å². The third kappa shape index (κ3) is 2.15. The van der Waals surface area contributed by atoms with E-state index >= 15 is 0 Å². The highest BCUT2D eigenvalue weighted by atomic mass is 79.9. The lowest BCUT2D eigenvalue weighted by Crippen LogP contribution is -2.35. The largest absolute Gasteiger partial charge is 0.325 e. The molecule has 2 heterocycles. The van der Waals surface area contributed by atoms with E-state index in [0.29, 0.717) is 11.0 Å². The number of hydrogen-bond donors (Lipinski definition) is 1. The Hall–Kier alpha value is -1.01. The van der Waals surface area contributed by atoms with Crippen LogP contribution in [-0.2, 0) is 6.42 Å². The number of halogens is 1. The summed E-state index contributed by atoms with van der Waals surface area (Å²) in [5, 5.41) is 8.15. The Morgan fingerprint density at radius 1 is 1.47 bits per heavy atom. The highest BCUT2D eigenvalue weighted by Crippen LogP contribution is 2.15. The number of nitrogens with zero attached hydrogens (tertiary/aromatic N) is 4. The van der Waals surface area contributed by atoms with Gasteiger partial charge in [-0.05, 0) is 29.8 Å². The van der Waals surface area contributed by atoms with E-state index in [1.807, 2.05) is 24.4 Å². The molecule has 2 N–H and O–H groups in total. The van der Waals surface area contributed by atoms with Crippen molar-refractivity contribution in [1.82, 2.24) is 19.6 Å². The summed E-state index contributed by atoms with van der Waals surface area (Å²) in [4.78, 5) is 4.08. The van der Waals surface area contributed by atoms with Crippen LogP contribution >= 0.6 is 15.9 Å². The maximum atomic E-state index is 5.95. The summed E-state index contributed by atoms with van der Waals surface area (Å²) in [6, 6.07) is 0. The fourth-order valence-corrected chi connectivity index (χ4v) is 1.76. The average molecular weight is 270 g/mol. The van der Waals surface area contributed by atoms with E-state index in [0.717, 1.165) is 11.5 Å².